The molecule has 4 aromatic rings. The number of carbonyl (C=O) groups is 1. The molecule has 0 N–H and O–H groups in total. The maximum atomic E-state index is 12.9. The standard InChI is InChI=1S/C27H24ClF3N3O4/c1-34(2,3)16-17-5-4-6-19(13-17)25(35)37-23-12-11-22(28)14-20(23)15-33-26(36)38-24(32-33)18-7-9-21(10-8-18)27(29,30)31/h4-14H,15-16H2,1-3H3/q+1. The van der Waals surface area contributed by atoms with Crippen molar-refractivity contribution in [2.24, 2.45) is 0 Å². The van der Waals surface area contributed by atoms with Crippen LogP contribution in [0.15, 0.2) is 75.9 Å². The molecule has 1 heterocycles. The molecule has 198 valence electrons. The lowest BCUT2D eigenvalue weighted by molar-refractivity contribution is -0.884. The van der Waals surface area contributed by atoms with E-state index in [1.165, 1.54) is 12.1 Å². The van der Waals surface area contributed by atoms with Gasteiger partial charge in [-0.1, -0.05) is 23.7 Å². The summed E-state index contributed by atoms with van der Waals surface area (Å²) >= 11 is 6.15. The van der Waals surface area contributed by atoms with Crippen LogP contribution in [0.4, 0.5) is 13.2 Å². The summed E-state index contributed by atoms with van der Waals surface area (Å²) in [4.78, 5) is 25.4. The third-order valence-electron chi connectivity index (χ3n) is 5.43. The summed E-state index contributed by atoms with van der Waals surface area (Å²) in [5, 5.41) is 4.43. The lowest BCUT2D eigenvalue weighted by Gasteiger charge is -2.24. The summed E-state index contributed by atoms with van der Waals surface area (Å²) < 4.78 is 51.0. The van der Waals surface area contributed by atoms with Crippen molar-refractivity contribution in [2.45, 2.75) is 19.3 Å². The Morgan fingerprint density at radius 3 is 2.42 bits per heavy atom. The molecule has 3 aromatic carbocycles. The fraction of sp³-hybridized carbons (Fsp3) is 0.222. The molecule has 0 atom stereocenters. The number of rotatable bonds is 7. The van der Waals surface area contributed by atoms with Crippen molar-refractivity contribution in [3.63, 3.8) is 0 Å². The number of ether oxygens (including phenoxy) is 1. The van der Waals surface area contributed by atoms with Crippen LogP contribution in [0, 0.1) is 0 Å². The Morgan fingerprint density at radius 2 is 1.76 bits per heavy atom. The zero-order valence-electron chi connectivity index (χ0n) is 20.8. The van der Waals surface area contributed by atoms with Crippen LogP contribution in [-0.4, -0.2) is 41.4 Å². The van der Waals surface area contributed by atoms with Gasteiger partial charge in [-0.15, -0.1) is 5.10 Å². The van der Waals surface area contributed by atoms with Crippen molar-refractivity contribution < 1.29 is 31.6 Å². The molecule has 38 heavy (non-hydrogen) atoms. The van der Waals surface area contributed by atoms with E-state index in [1.54, 1.807) is 24.3 Å². The Labute approximate surface area is 221 Å². The lowest BCUT2D eigenvalue weighted by atomic mass is 10.1. The molecule has 11 heteroatoms. The summed E-state index contributed by atoms with van der Waals surface area (Å²) in [5.41, 5.74) is 1.06. The molecule has 0 aliphatic rings. The summed E-state index contributed by atoms with van der Waals surface area (Å²) in [6.45, 7) is 0.553. The van der Waals surface area contributed by atoms with Gasteiger partial charge in [-0.2, -0.15) is 17.9 Å². The molecular weight excluding hydrogens is 523 g/mol. The van der Waals surface area contributed by atoms with Crippen LogP contribution in [0.25, 0.3) is 11.5 Å². The van der Waals surface area contributed by atoms with E-state index < -0.39 is 23.5 Å². The second-order valence-electron chi connectivity index (χ2n) is 9.70. The molecule has 4 rings (SSSR count). The number of nitrogens with zero attached hydrogens (tertiary/aromatic N) is 3. The van der Waals surface area contributed by atoms with Crippen LogP contribution in [0.5, 0.6) is 5.75 Å². The van der Waals surface area contributed by atoms with Crippen molar-refractivity contribution in [3.8, 4) is 17.2 Å². The minimum atomic E-state index is -4.49. The second-order valence-corrected chi connectivity index (χ2v) is 10.1. The second kappa shape index (κ2) is 10.5. The predicted octanol–water partition coefficient (Wildman–Crippen LogP) is 5.65. The van der Waals surface area contributed by atoms with Crippen molar-refractivity contribution in [1.82, 2.24) is 9.78 Å². The Balaban J connectivity index is 1.57. The van der Waals surface area contributed by atoms with E-state index in [2.05, 4.69) is 5.10 Å². The molecule has 1 aromatic heterocycles. The number of esters is 1. The van der Waals surface area contributed by atoms with Gasteiger partial charge in [0.2, 0.25) is 5.89 Å². The predicted molar refractivity (Wildman–Crippen MR) is 135 cm³/mol. The van der Waals surface area contributed by atoms with E-state index in [-0.39, 0.29) is 23.7 Å². The highest BCUT2D eigenvalue weighted by atomic mass is 35.5. The summed E-state index contributed by atoms with van der Waals surface area (Å²) in [6.07, 6.45) is -4.49. The molecular formula is C27H24ClF3N3O4+. The average molecular weight is 547 g/mol. The van der Waals surface area contributed by atoms with Gasteiger partial charge < -0.3 is 13.6 Å². The third-order valence-corrected chi connectivity index (χ3v) is 5.67. The minimum absolute atomic E-state index is 0.154. The number of halogens is 4. The zero-order valence-corrected chi connectivity index (χ0v) is 21.5. The van der Waals surface area contributed by atoms with E-state index in [9.17, 15) is 22.8 Å². The summed E-state index contributed by atoms with van der Waals surface area (Å²) in [7, 11) is 6.12. The normalized spacial score (nSPS) is 12.0. The molecule has 0 aliphatic heterocycles. The first-order valence-electron chi connectivity index (χ1n) is 11.4. The Bertz CT molecular complexity index is 1520. The molecule has 0 amide bonds. The SMILES string of the molecule is C[N+](C)(C)Cc1cccc(C(=O)Oc2ccc(Cl)cc2Cn2nc(-c3ccc(C(F)(F)F)cc3)oc2=O)c1. The maximum absolute atomic E-state index is 12.9. The van der Waals surface area contributed by atoms with E-state index in [0.29, 0.717) is 27.2 Å². The van der Waals surface area contributed by atoms with Crippen LogP contribution >= 0.6 is 11.6 Å². The van der Waals surface area contributed by atoms with Crippen LogP contribution in [0.3, 0.4) is 0 Å². The van der Waals surface area contributed by atoms with E-state index in [0.717, 1.165) is 34.5 Å². The number of hydrogen-bond donors (Lipinski definition) is 0. The topological polar surface area (TPSA) is 74.3 Å². The van der Waals surface area contributed by atoms with E-state index in [1.807, 2.05) is 27.2 Å². The van der Waals surface area contributed by atoms with Gasteiger partial charge in [0.1, 0.15) is 12.3 Å². The van der Waals surface area contributed by atoms with Gasteiger partial charge in [-0.05, 0) is 54.6 Å². The minimum Gasteiger partial charge on any atom is -0.423 e. The summed E-state index contributed by atoms with van der Waals surface area (Å²) in [5.74, 6) is -1.42. The Morgan fingerprint density at radius 1 is 1.05 bits per heavy atom. The molecule has 0 bridgehead atoms. The van der Waals surface area contributed by atoms with Gasteiger partial charge in [-0.25, -0.2) is 9.59 Å². The first-order valence-corrected chi connectivity index (χ1v) is 11.8. The molecule has 0 spiro atoms. The highest BCUT2D eigenvalue weighted by molar-refractivity contribution is 6.30. The van der Waals surface area contributed by atoms with Crippen LogP contribution in [0.2, 0.25) is 5.02 Å². The van der Waals surface area contributed by atoms with Gasteiger partial charge in [0.15, 0.2) is 0 Å². The number of benzene rings is 3. The number of hydrogen-bond acceptors (Lipinski definition) is 5. The molecule has 0 radical (unpaired) electrons. The van der Waals surface area contributed by atoms with Gasteiger partial charge in [0, 0.05) is 21.7 Å². The third kappa shape index (κ3) is 6.70. The Kier molecular flexibility index (Phi) is 7.48. The molecule has 0 unspecified atom stereocenters. The van der Waals surface area contributed by atoms with Crippen molar-refractivity contribution in [2.75, 3.05) is 21.1 Å². The Hall–Kier alpha value is -3.89. The van der Waals surface area contributed by atoms with Crippen molar-refractivity contribution >= 4 is 17.6 Å². The maximum Gasteiger partial charge on any atom is 0.437 e. The van der Waals surface area contributed by atoms with Crippen molar-refractivity contribution in [1.29, 1.82) is 0 Å². The monoisotopic (exact) mass is 546 g/mol. The number of aromatic nitrogens is 2. The van der Waals surface area contributed by atoms with Gasteiger partial charge in [0.25, 0.3) is 0 Å². The first kappa shape index (κ1) is 27.2. The molecule has 0 saturated heterocycles. The number of quaternary nitrogens is 1. The summed E-state index contributed by atoms with van der Waals surface area (Å²) in [6, 6.07) is 15.8. The fourth-order valence-electron chi connectivity index (χ4n) is 3.76. The number of carbonyl (C=O) groups excluding carboxylic acids is 1. The van der Waals surface area contributed by atoms with Gasteiger partial charge in [-0.3, -0.25) is 0 Å². The highest BCUT2D eigenvalue weighted by Crippen LogP contribution is 2.30. The van der Waals surface area contributed by atoms with Crippen LogP contribution < -0.4 is 10.5 Å². The van der Waals surface area contributed by atoms with Gasteiger partial charge in [0.05, 0.1) is 38.8 Å². The highest BCUT2D eigenvalue weighted by Gasteiger charge is 2.30. The van der Waals surface area contributed by atoms with E-state index >= 15 is 0 Å². The molecule has 0 saturated carbocycles. The first-order chi connectivity index (χ1) is 17.8. The lowest BCUT2D eigenvalue weighted by Crippen LogP contribution is -2.33. The smallest absolute Gasteiger partial charge is 0.423 e. The van der Waals surface area contributed by atoms with Crippen molar-refractivity contribution in [3.05, 3.63) is 105 Å². The van der Waals surface area contributed by atoms with E-state index in [4.69, 9.17) is 20.8 Å². The quantitative estimate of drug-likeness (QED) is 0.170. The molecule has 0 aliphatic carbocycles. The van der Waals surface area contributed by atoms with Crippen LogP contribution in [-0.2, 0) is 19.3 Å². The zero-order chi connectivity index (χ0) is 27.7. The van der Waals surface area contributed by atoms with Crippen LogP contribution in [0.1, 0.15) is 27.0 Å². The number of alkyl halides is 3. The largest absolute Gasteiger partial charge is 0.437 e. The molecule has 7 nitrogen and oxygen atoms in total. The average Bonchev–Trinajstić information content (AvgIpc) is 3.19. The fourth-order valence-corrected chi connectivity index (χ4v) is 3.95. The molecule has 0 fully saturated rings. The van der Waals surface area contributed by atoms with Gasteiger partial charge >= 0.3 is 17.9 Å².